The van der Waals surface area contributed by atoms with E-state index >= 15 is 0 Å². The molecule has 21 heavy (non-hydrogen) atoms. The largest absolute Gasteiger partial charge is 0.324 e. The number of halogens is 1. The molecular formula is C17H25ClN2O. The summed E-state index contributed by atoms with van der Waals surface area (Å²) in [6, 6.07) is 7.79. The van der Waals surface area contributed by atoms with Gasteiger partial charge in [-0.3, -0.25) is 4.79 Å². The molecule has 1 saturated carbocycles. The summed E-state index contributed by atoms with van der Waals surface area (Å²) in [7, 11) is 0. The van der Waals surface area contributed by atoms with Crippen LogP contribution in [0, 0.1) is 5.92 Å². The molecule has 0 aliphatic heterocycles. The van der Waals surface area contributed by atoms with Gasteiger partial charge in [0, 0.05) is 6.04 Å². The molecule has 2 N–H and O–H groups in total. The molecule has 4 heteroatoms. The van der Waals surface area contributed by atoms with Crippen LogP contribution in [0.4, 0.5) is 5.69 Å². The highest BCUT2D eigenvalue weighted by molar-refractivity contribution is 6.33. The molecule has 116 valence electrons. The lowest BCUT2D eigenvalue weighted by Gasteiger charge is -2.28. The molecule has 0 radical (unpaired) electrons. The summed E-state index contributed by atoms with van der Waals surface area (Å²) in [5.74, 6) is 0.865. The summed E-state index contributed by atoms with van der Waals surface area (Å²) in [4.78, 5) is 11.9. The first kappa shape index (κ1) is 16.3. The zero-order valence-electron chi connectivity index (χ0n) is 12.7. The fourth-order valence-corrected chi connectivity index (χ4v) is 3.24. The fraction of sp³-hybridized carbons (Fsp3) is 0.588. The highest BCUT2D eigenvalue weighted by atomic mass is 35.5. The van der Waals surface area contributed by atoms with Crippen LogP contribution >= 0.6 is 11.6 Å². The Labute approximate surface area is 132 Å². The number of anilines is 1. The zero-order chi connectivity index (χ0) is 15.1. The van der Waals surface area contributed by atoms with Crippen LogP contribution in [0.15, 0.2) is 24.3 Å². The Morgan fingerprint density at radius 2 is 1.95 bits per heavy atom. The lowest BCUT2D eigenvalue weighted by atomic mass is 9.83. The average molecular weight is 309 g/mol. The second-order valence-corrected chi connectivity index (χ2v) is 6.32. The van der Waals surface area contributed by atoms with Gasteiger partial charge in [0.25, 0.3) is 0 Å². The number of hydrogen-bond donors (Lipinski definition) is 2. The van der Waals surface area contributed by atoms with Gasteiger partial charge in [-0.1, -0.05) is 43.5 Å². The van der Waals surface area contributed by atoms with Crippen molar-refractivity contribution in [3.05, 3.63) is 29.3 Å². The van der Waals surface area contributed by atoms with Crippen molar-refractivity contribution >= 4 is 23.2 Å². The van der Waals surface area contributed by atoms with Gasteiger partial charge in [-0.05, 0) is 43.7 Å². The summed E-state index contributed by atoms with van der Waals surface area (Å²) < 4.78 is 0. The molecule has 1 amide bonds. The summed E-state index contributed by atoms with van der Waals surface area (Å²) >= 11 is 6.03. The van der Waals surface area contributed by atoms with Gasteiger partial charge in [0.1, 0.15) is 0 Å². The highest BCUT2D eigenvalue weighted by Gasteiger charge is 2.20. The smallest absolute Gasteiger partial charge is 0.238 e. The van der Waals surface area contributed by atoms with Crippen molar-refractivity contribution in [1.29, 1.82) is 0 Å². The Hall–Kier alpha value is -1.06. The van der Waals surface area contributed by atoms with E-state index in [4.69, 9.17) is 11.6 Å². The second kappa shape index (κ2) is 8.40. The molecule has 0 spiro atoms. The normalized spacial score (nSPS) is 22.0. The van der Waals surface area contributed by atoms with Crippen LogP contribution in [0.5, 0.6) is 0 Å². The molecule has 0 aromatic heterocycles. The van der Waals surface area contributed by atoms with Crippen LogP contribution in [0.25, 0.3) is 0 Å². The van der Waals surface area contributed by atoms with E-state index in [1.165, 1.54) is 38.5 Å². The number of amides is 1. The van der Waals surface area contributed by atoms with Crippen LogP contribution in [-0.4, -0.2) is 18.5 Å². The number of hydrogen-bond acceptors (Lipinski definition) is 2. The summed E-state index contributed by atoms with van der Waals surface area (Å²) in [5.41, 5.74) is 0.678. The quantitative estimate of drug-likeness (QED) is 0.826. The third kappa shape index (κ3) is 5.33. The standard InChI is InChI=1S/C17H25ClN2O/c1-2-5-13-8-10-14(11-9-13)19-12-17(21)20-16-7-4-3-6-15(16)18/h3-4,6-7,13-14,19H,2,5,8-12H2,1H3,(H,20,21). The molecule has 2 rings (SSSR count). The number of para-hydroxylation sites is 1. The minimum atomic E-state index is -0.0289. The number of benzene rings is 1. The molecule has 1 aromatic carbocycles. The summed E-state index contributed by atoms with van der Waals surface area (Å²) in [6.45, 7) is 2.61. The van der Waals surface area contributed by atoms with Crippen molar-refractivity contribution in [3.8, 4) is 0 Å². The van der Waals surface area contributed by atoms with E-state index in [2.05, 4.69) is 17.6 Å². The van der Waals surface area contributed by atoms with Gasteiger partial charge in [0.2, 0.25) is 5.91 Å². The molecular weight excluding hydrogens is 284 g/mol. The zero-order valence-corrected chi connectivity index (χ0v) is 13.5. The first-order valence-electron chi connectivity index (χ1n) is 7.96. The van der Waals surface area contributed by atoms with Crippen LogP contribution in [0.3, 0.4) is 0 Å². The maximum atomic E-state index is 11.9. The third-order valence-electron chi connectivity index (χ3n) is 4.24. The minimum Gasteiger partial charge on any atom is -0.324 e. The van der Waals surface area contributed by atoms with Gasteiger partial charge in [-0.25, -0.2) is 0 Å². The lowest BCUT2D eigenvalue weighted by molar-refractivity contribution is -0.115. The van der Waals surface area contributed by atoms with E-state index in [1.54, 1.807) is 6.07 Å². The van der Waals surface area contributed by atoms with Crippen molar-refractivity contribution in [2.45, 2.75) is 51.5 Å². The van der Waals surface area contributed by atoms with Gasteiger partial charge in [0.15, 0.2) is 0 Å². The van der Waals surface area contributed by atoms with E-state index < -0.39 is 0 Å². The number of carbonyl (C=O) groups excluding carboxylic acids is 1. The van der Waals surface area contributed by atoms with Gasteiger partial charge in [-0.15, -0.1) is 0 Å². The van der Waals surface area contributed by atoms with Crippen LogP contribution in [0.2, 0.25) is 5.02 Å². The van der Waals surface area contributed by atoms with Crippen molar-refractivity contribution in [2.75, 3.05) is 11.9 Å². The van der Waals surface area contributed by atoms with Crippen molar-refractivity contribution < 1.29 is 4.79 Å². The molecule has 0 unspecified atom stereocenters. The first-order chi connectivity index (χ1) is 10.2. The predicted molar refractivity (Wildman–Crippen MR) is 88.7 cm³/mol. The predicted octanol–water partition coefficient (Wildman–Crippen LogP) is 4.23. The van der Waals surface area contributed by atoms with Gasteiger partial charge < -0.3 is 10.6 Å². The van der Waals surface area contributed by atoms with Crippen LogP contribution < -0.4 is 10.6 Å². The average Bonchev–Trinajstić information content (AvgIpc) is 2.49. The summed E-state index contributed by atoms with van der Waals surface area (Å²) in [5, 5.41) is 6.79. The van der Waals surface area contributed by atoms with E-state index in [0.29, 0.717) is 23.3 Å². The van der Waals surface area contributed by atoms with E-state index in [1.807, 2.05) is 18.2 Å². The Bertz CT molecular complexity index is 456. The van der Waals surface area contributed by atoms with Crippen LogP contribution in [0.1, 0.15) is 45.4 Å². The third-order valence-corrected chi connectivity index (χ3v) is 4.57. The van der Waals surface area contributed by atoms with Crippen molar-refractivity contribution in [1.82, 2.24) is 5.32 Å². The minimum absolute atomic E-state index is 0.0289. The topological polar surface area (TPSA) is 41.1 Å². The molecule has 0 saturated heterocycles. The highest BCUT2D eigenvalue weighted by Crippen LogP contribution is 2.27. The van der Waals surface area contributed by atoms with Gasteiger partial charge in [0.05, 0.1) is 17.3 Å². The molecule has 0 bridgehead atoms. The summed E-state index contributed by atoms with van der Waals surface area (Å²) in [6.07, 6.45) is 7.58. The first-order valence-corrected chi connectivity index (χ1v) is 8.34. The molecule has 0 atom stereocenters. The Morgan fingerprint density at radius 1 is 1.24 bits per heavy atom. The SMILES string of the molecule is CCCC1CCC(NCC(=O)Nc2ccccc2Cl)CC1. The maximum absolute atomic E-state index is 11.9. The van der Waals surface area contributed by atoms with Gasteiger partial charge >= 0.3 is 0 Å². The maximum Gasteiger partial charge on any atom is 0.238 e. The van der Waals surface area contributed by atoms with Crippen molar-refractivity contribution in [2.24, 2.45) is 5.92 Å². The van der Waals surface area contributed by atoms with E-state index in [-0.39, 0.29) is 5.91 Å². The molecule has 1 fully saturated rings. The monoisotopic (exact) mass is 308 g/mol. The molecule has 1 aromatic rings. The Kier molecular flexibility index (Phi) is 6.52. The fourth-order valence-electron chi connectivity index (χ4n) is 3.06. The van der Waals surface area contributed by atoms with Crippen molar-refractivity contribution in [3.63, 3.8) is 0 Å². The number of carbonyl (C=O) groups is 1. The lowest BCUT2D eigenvalue weighted by Crippen LogP contribution is -2.38. The number of rotatable bonds is 6. The molecule has 0 heterocycles. The molecule has 1 aliphatic rings. The van der Waals surface area contributed by atoms with Gasteiger partial charge in [-0.2, -0.15) is 0 Å². The Balaban J connectivity index is 1.69. The molecule has 3 nitrogen and oxygen atoms in total. The molecule has 1 aliphatic carbocycles. The van der Waals surface area contributed by atoms with Crippen LogP contribution in [-0.2, 0) is 4.79 Å². The Morgan fingerprint density at radius 3 is 2.62 bits per heavy atom. The van der Waals surface area contributed by atoms with E-state index in [9.17, 15) is 4.79 Å². The number of nitrogens with one attached hydrogen (secondary N) is 2. The second-order valence-electron chi connectivity index (χ2n) is 5.92. The van der Waals surface area contributed by atoms with E-state index in [0.717, 1.165) is 5.92 Å².